The van der Waals surface area contributed by atoms with Crippen LogP contribution in [0.2, 0.25) is 0 Å². The molecule has 1 amide bonds. The van der Waals surface area contributed by atoms with Crippen LogP contribution < -0.4 is 5.32 Å². The number of aromatic nitrogens is 1. The van der Waals surface area contributed by atoms with E-state index >= 15 is 0 Å². The summed E-state index contributed by atoms with van der Waals surface area (Å²) in [6, 6.07) is 3.54. The third-order valence-corrected chi connectivity index (χ3v) is 3.18. The molecule has 0 saturated heterocycles. The van der Waals surface area contributed by atoms with Gasteiger partial charge in [-0.15, -0.1) is 11.3 Å². The number of amides is 1. The molecular formula is C12H14N2O4S. The number of thiazole rings is 1. The molecule has 0 fully saturated rings. The molecule has 102 valence electrons. The van der Waals surface area contributed by atoms with Gasteiger partial charge in [-0.2, -0.15) is 0 Å². The molecule has 0 aliphatic carbocycles. The summed E-state index contributed by atoms with van der Waals surface area (Å²) in [5.41, 5.74) is 0.306. The van der Waals surface area contributed by atoms with Crippen molar-refractivity contribution in [2.75, 3.05) is 20.3 Å². The first-order valence-corrected chi connectivity index (χ1v) is 6.53. The minimum Gasteiger partial charge on any atom is -0.462 e. The number of aliphatic hydroxyl groups is 1. The summed E-state index contributed by atoms with van der Waals surface area (Å²) in [5, 5.41) is 14.3. The van der Waals surface area contributed by atoms with Gasteiger partial charge in [-0.3, -0.25) is 4.79 Å². The molecule has 0 aliphatic heterocycles. The molecule has 1 unspecified atom stereocenters. The van der Waals surface area contributed by atoms with Crippen molar-refractivity contribution in [2.45, 2.75) is 6.10 Å². The van der Waals surface area contributed by atoms with Crippen molar-refractivity contribution >= 4 is 17.2 Å². The van der Waals surface area contributed by atoms with Crippen LogP contribution in [0.4, 0.5) is 0 Å². The number of hydrogen-bond donors (Lipinski definition) is 2. The molecule has 2 heterocycles. The van der Waals surface area contributed by atoms with Crippen molar-refractivity contribution in [3.63, 3.8) is 0 Å². The van der Waals surface area contributed by atoms with Gasteiger partial charge in [-0.1, -0.05) is 0 Å². The first-order valence-electron chi connectivity index (χ1n) is 5.65. The Hall–Kier alpha value is -1.70. The predicted molar refractivity (Wildman–Crippen MR) is 70.0 cm³/mol. The average Bonchev–Trinajstić information content (AvgIpc) is 3.06. The van der Waals surface area contributed by atoms with Gasteiger partial charge in [-0.05, 0) is 12.1 Å². The Morgan fingerprint density at radius 3 is 3.21 bits per heavy atom. The lowest BCUT2D eigenvalue weighted by Gasteiger charge is -2.09. The van der Waals surface area contributed by atoms with E-state index in [-0.39, 0.29) is 19.1 Å². The SMILES string of the molecule is COCC(O)CNC(=O)c1csc(-c2ccco2)n1. The fourth-order valence-electron chi connectivity index (χ4n) is 1.44. The van der Waals surface area contributed by atoms with Gasteiger partial charge in [0.25, 0.3) is 5.91 Å². The molecule has 2 N–H and O–H groups in total. The fourth-order valence-corrected chi connectivity index (χ4v) is 2.21. The van der Waals surface area contributed by atoms with E-state index in [2.05, 4.69) is 10.3 Å². The van der Waals surface area contributed by atoms with Crippen molar-refractivity contribution in [3.8, 4) is 10.8 Å². The van der Waals surface area contributed by atoms with E-state index in [0.29, 0.717) is 16.5 Å². The van der Waals surface area contributed by atoms with Crippen molar-refractivity contribution in [1.82, 2.24) is 10.3 Å². The van der Waals surface area contributed by atoms with E-state index in [0.717, 1.165) is 0 Å². The quantitative estimate of drug-likeness (QED) is 0.830. The smallest absolute Gasteiger partial charge is 0.270 e. The van der Waals surface area contributed by atoms with Crippen LogP contribution in [0.25, 0.3) is 10.8 Å². The predicted octanol–water partition coefficient (Wildman–Crippen LogP) is 1.14. The van der Waals surface area contributed by atoms with E-state index in [1.807, 2.05) is 0 Å². The highest BCUT2D eigenvalue weighted by atomic mass is 32.1. The summed E-state index contributed by atoms with van der Waals surface area (Å²) < 4.78 is 9.97. The van der Waals surface area contributed by atoms with Crippen LogP contribution in [0.1, 0.15) is 10.5 Å². The van der Waals surface area contributed by atoms with Crippen LogP contribution in [0, 0.1) is 0 Å². The lowest BCUT2D eigenvalue weighted by Crippen LogP contribution is -2.34. The van der Waals surface area contributed by atoms with Gasteiger partial charge in [0.05, 0.1) is 19.0 Å². The number of methoxy groups -OCH3 is 1. The number of nitrogens with one attached hydrogen (secondary N) is 1. The second-order valence-corrected chi connectivity index (χ2v) is 4.69. The Bertz CT molecular complexity index is 524. The van der Waals surface area contributed by atoms with Gasteiger partial charge in [0.15, 0.2) is 10.8 Å². The second-order valence-electron chi connectivity index (χ2n) is 3.83. The number of nitrogens with zero attached hydrogens (tertiary/aromatic N) is 1. The molecule has 0 saturated carbocycles. The molecule has 0 aromatic carbocycles. The monoisotopic (exact) mass is 282 g/mol. The van der Waals surface area contributed by atoms with Gasteiger partial charge in [0.1, 0.15) is 5.69 Å². The lowest BCUT2D eigenvalue weighted by molar-refractivity contribution is 0.0609. The maximum Gasteiger partial charge on any atom is 0.270 e. The maximum absolute atomic E-state index is 11.8. The zero-order chi connectivity index (χ0) is 13.7. The molecule has 19 heavy (non-hydrogen) atoms. The minimum atomic E-state index is -0.725. The number of aliphatic hydroxyl groups excluding tert-OH is 1. The zero-order valence-corrected chi connectivity index (χ0v) is 11.1. The first-order chi connectivity index (χ1) is 9.20. The summed E-state index contributed by atoms with van der Waals surface area (Å²) in [4.78, 5) is 16.0. The average molecular weight is 282 g/mol. The molecule has 0 radical (unpaired) electrons. The number of furan rings is 1. The fraction of sp³-hybridized carbons (Fsp3) is 0.333. The highest BCUT2D eigenvalue weighted by Crippen LogP contribution is 2.23. The summed E-state index contributed by atoms with van der Waals surface area (Å²) in [6.45, 7) is 0.301. The van der Waals surface area contributed by atoms with Gasteiger partial charge in [0.2, 0.25) is 0 Å². The van der Waals surface area contributed by atoms with Crippen molar-refractivity contribution in [3.05, 3.63) is 29.5 Å². The van der Waals surface area contributed by atoms with Crippen LogP contribution in [0.15, 0.2) is 28.2 Å². The molecule has 1 atom stereocenters. The van der Waals surface area contributed by atoms with Gasteiger partial charge in [-0.25, -0.2) is 4.98 Å². The van der Waals surface area contributed by atoms with E-state index in [1.165, 1.54) is 18.4 Å². The van der Waals surface area contributed by atoms with E-state index < -0.39 is 6.10 Å². The molecule has 0 spiro atoms. The summed E-state index contributed by atoms with van der Waals surface area (Å²) in [7, 11) is 1.49. The highest BCUT2D eigenvalue weighted by Gasteiger charge is 2.14. The topological polar surface area (TPSA) is 84.6 Å². The standard InChI is InChI=1S/C12H14N2O4S/c1-17-6-8(15)5-13-11(16)9-7-19-12(14-9)10-3-2-4-18-10/h2-4,7-8,15H,5-6H2,1H3,(H,13,16). The van der Waals surface area contributed by atoms with Gasteiger partial charge in [0, 0.05) is 19.0 Å². The molecule has 0 aliphatic rings. The highest BCUT2D eigenvalue weighted by molar-refractivity contribution is 7.13. The number of carbonyl (C=O) groups excluding carboxylic acids is 1. The van der Waals surface area contributed by atoms with Crippen molar-refractivity contribution in [1.29, 1.82) is 0 Å². The Kier molecular flexibility index (Phi) is 4.67. The van der Waals surface area contributed by atoms with Crippen LogP contribution in [0.5, 0.6) is 0 Å². The lowest BCUT2D eigenvalue weighted by atomic mass is 10.3. The summed E-state index contributed by atoms with van der Waals surface area (Å²) >= 11 is 1.33. The van der Waals surface area contributed by atoms with Crippen LogP contribution in [-0.2, 0) is 4.74 Å². The minimum absolute atomic E-state index is 0.125. The largest absolute Gasteiger partial charge is 0.462 e. The van der Waals surface area contributed by atoms with Gasteiger partial charge < -0.3 is 19.6 Å². The molecule has 7 heteroatoms. The maximum atomic E-state index is 11.8. The molecule has 2 aromatic rings. The number of rotatable bonds is 6. The third kappa shape index (κ3) is 3.63. The Morgan fingerprint density at radius 2 is 2.53 bits per heavy atom. The van der Waals surface area contributed by atoms with Crippen molar-refractivity contribution in [2.24, 2.45) is 0 Å². The zero-order valence-electron chi connectivity index (χ0n) is 10.3. The van der Waals surface area contributed by atoms with Crippen LogP contribution in [-0.4, -0.2) is 42.4 Å². The first kappa shape index (κ1) is 13.7. The third-order valence-electron chi connectivity index (χ3n) is 2.33. The molecule has 2 rings (SSSR count). The van der Waals surface area contributed by atoms with Crippen LogP contribution in [0.3, 0.4) is 0 Å². The van der Waals surface area contributed by atoms with Gasteiger partial charge >= 0.3 is 0 Å². The molecule has 6 nitrogen and oxygen atoms in total. The number of hydrogen-bond acceptors (Lipinski definition) is 6. The molecule has 2 aromatic heterocycles. The van der Waals surface area contributed by atoms with E-state index in [9.17, 15) is 9.90 Å². The van der Waals surface area contributed by atoms with E-state index in [4.69, 9.17) is 9.15 Å². The normalized spacial score (nSPS) is 12.3. The van der Waals surface area contributed by atoms with E-state index in [1.54, 1.807) is 23.8 Å². The molecular weight excluding hydrogens is 268 g/mol. The number of carbonyl (C=O) groups is 1. The number of ether oxygens (including phenoxy) is 1. The second kappa shape index (κ2) is 6.46. The van der Waals surface area contributed by atoms with Crippen molar-refractivity contribution < 1.29 is 19.1 Å². The summed E-state index contributed by atoms with van der Waals surface area (Å²) in [5.74, 6) is 0.299. The van der Waals surface area contributed by atoms with Crippen LogP contribution >= 0.6 is 11.3 Å². The molecule has 0 bridgehead atoms. The summed E-state index contributed by atoms with van der Waals surface area (Å²) in [6.07, 6.45) is 0.828. The Morgan fingerprint density at radius 1 is 1.68 bits per heavy atom. The Labute approximate surface area is 114 Å². The Balaban J connectivity index is 1.93.